The van der Waals surface area contributed by atoms with Crippen LogP contribution in [0.1, 0.15) is 35.8 Å². The molecule has 0 aliphatic carbocycles. The van der Waals surface area contributed by atoms with Crippen molar-refractivity contribution in [2.45, 2.75) is 26.7 Å². The summed E-state index contributed by atoms with van der Waals surface area (Å²) >= 11 is 0. The van der Waals surface area contributed by atoms with Gasteiger partial charge in [0.15, 0.2) is 0 Å². The average molecular weight is 278 g/mol. The molecule has 0 aromatic carbocycles. The van der Waals surface area contributed by atoms with Gasteiger partial charge in [-0.25, -0.2) is 14.8 Å². The van der Waals surface area contributed by atoms with E-state index in [1.54, 1.807) is 13.1 Å². The first kappa shape index (κ1) is 14.7. The van der Waals surface area contributed by atoms with Gasteiger partial charge in [-0.2, -0.15) is 0 Å². The van der Waals surface area contributed by atoms with Crippen LogP contribution in [0, 0.1) is 12.8 Å². The third-order valence-electron chi connectivity index (χ3n) is 3.69. The first-order valence-corrected chi connectivity index (χ1v) is 7.11. The van der Waals surface area contributed by atoms with E-state index in [-0.39, 0.29) is 5.97 Å². The SMILES string of the molecule is CCOC(=O)c1cnc(N2CCC(CN)CC2)nc1C. The van der Waals surface area contributed by atoms with Crippen LogP contribution < -0.4 is 10.6 Å². The third-order valence-corrected chi connectivity index (χ3v) is 3.69. The first-order chi connectivity index (χ1) is 9.65. The number of aryl methyl sites for hydroxylation is 1. The molecular weight excluding hydrogens is 256 g/mol. The predicted molar refractivity (Wildman–Crippen MR) is 76.7 cm³/mol. The number of carbonyl (C=O) groups is 1. The molecule has 0 spiro atoms. The third kappa shape index (κ3) is 3.25. The number of rotatable bonds is 4. The Morgan fingerprint density at radius 2 is 2.20 bits per heavy atom. The normalized spacial score (nSPS) is 16.2. The molecule has 1 aromatic rings. The van der Waals surface area contributed by atoms with Crippen LogP contribution in [0.2, 0.25) is 0 Å². The van der Waals surface area contributed by atoms with Crippen LogP contribution in [0.15, 0.2) is 6.20 Å². The standard InChI is InChI=1S/C14H22N4O2/c1-3-20-13(19)12-9-16-14(17-10(12)2)18-6-4-11(8-15)5-7-18/h9,11H,3-8,15H2,1-2H3. The number of hydrogen-bond acceptors (Lipinski definition) is 6. The van der Waals surface area contributed by atoms with Crippen molar-refractivity contribution in [3.63, 3.8) is 0 Å². The minimum Gasteiger partial charge on any atom is -0.462 e. The zero-order chi connectivity index (χ0) is 14.5. The molecule has 6 nitrogen and oxygen atoms in total. The van der Waals surface area contributed by atoms with Gasteiger partial charge in [0.1, 0.15) is 0 Å². The van der Waals surface area contributed by atoms with E-state index in [1.165, 1.54) is 0 Å². The zero-order valence-corrected chi connectivity index (χ0v) is 12.1. The number of carbonyl (C=O) groups excluding carboxylic acids is 1. The molecule has 2 heterocycles. The summed E-state index contributed by atoms with van der Waals surface area (Å²) in [6.45, 7) is 6.52. The molecule has 1 aliphatic rings. The quantitative estimate of drug-likeness (QED) is 0.832. The minimum absolute atomic E-state index is 0.354. The van der Waals surface area contributed by atoms with Crippen molar-refractivity contribution in [2.75, 3.05) is 31.1 Å². The highest BCUT2D eigenvalue weighted by Crippen LogP contribution is 2.20. The van der Waals surface area contributed by atoms with E-state index in [0.29, 0.717) is 29.7 Å². The Kier molecular flexibility index (Phi) is 4.89. The maximum atomic E-state index is 11.7. The van der Waals surface area contributed by atoms with Crippen LogP contribution in [0.4, 0.5) is 5.95 Å². The number of piperidine rings is 1. The fourth-order valence-electron chi connectivity index (χ4n) is 2.39. The number of esters is 1. The summed E-state index contributed by atoms with van der Waals surface area (Å²) in [6, 6.07) is 0. The number of nitrogens with two attached hydrogens (primary N) is 1. The summed E-state index contributed by atoms with van der Waals surface area (Å²) < 4.78 is 4.98. The van der Waals surface area contributed by atoms with Crippen LogP contribution in [0.25, 0.3) is 0 Å². The molecule has 6 heteroatoms. The molecule has 1 fully saturated rings. The predicted octanol–water partition coefficient (Wildman–Crippen LogP) is 1.14. The first-order valence-electron chi connectivity index (χ1n) is 7.11. The van der Waals surface area contributed by atoms with Crippen LogP contribution in [0.5, 0.6) is 0 Å². The Balaban J connectivity index is 2.07. The van der Waals surface area contributed by atoms with Gasteiger partial charge in [0, 0.05) is 19.3 Å². The second-order valence-corrected chi connectivity index (χ2v) is 5.06. The number of aromatic nitrogens is 2. The Hall–Kier alpha value is -1.69. The molecule has 0 unspecified atom stereocenters. The van der Waals surface area contributed by atoms with Crippen LogP contribution in [0.3, 0.4) is 0 Å². The van der Waals surface area contributed by atoms with Gasteiger partial charge in [0.25, 0.3) is 0 Å². The number of nitrogens with zero attached hydrogens (tertiary/aromatic N) is 3. The molecule has 2 rings (SSSR count). The van der Waals surface area contributed by atoms with E-state index in [9.17, 15) is 4.79 Å². The lowest BCUT2D eigenvalue weighted by Crippen LogP contribution is -2.37. The van der Waals surface area contributed by atoms with Crippen molar-refractivity contribution in [1.29, 1.82) is 0 Å². The summed E-state index contributed by atoms with van der Waals surface area (Å²) in [5.74, 6) is 0.926. The summed E-state index contributed by atoms with van der Waals surface area (Å²) in [4.78, 5) is 22.6. The molecule has 0 atom stereocenters. The highest BCUT2D eigenvalue weighted by atomic mass is 16.5. The lowest BCUT2D eigenvalue weighted by Gasteiger charge is -2.31. The molecule has 0 amide bonds. The van der Waals surface area contributed by atoms with Gasteiger partial charge in [-0.3, -0.25) is 0 Å². The van der Waals surface area contributed by atoms with E-state index in [0.717, 1.165) is 32.5 Å². The minimum atomic E-state index is -0.363. The number of ether oxygens (including phenoxy) is 1. The molecule has 110 valence electrons. The Labute approximate surface area is 119 Å². The van der Waals surface area contributed by atoms with Gasteiger partial charge in [0.05, 0.1) is 17.9 Å². The lowest BCUT2D eigenvalue weighted by atomic mass is 9.97. The second kappa shape index (κ2) is 6.65. The fourth-order valence-corrected chi connectivity index (χ4v) is 2.39. The Morgan fingerprint density at radius 1 is 1.50 bits per heavy atom. The fraction of sp³-hybridized carbons (Fsp3) is 0.643. The molecule has 1 saturated heterocycles. The Bertz CT molecular complexity index is 470. The smallest absolute Gasteiger partial charge is 0.341 e. The molecule has 0 saturated carbocycles. The van der Waals surface area contributed by atoms with Crippen LogP contribution in [-0.4, -0.2) is 42.2 Å². The molecule has 20 heavy (non-hydrogen) atoms. The van der Waals surface area contributed by atoms with E-state index in [2.05, 4.69) is 14.9 Å². The van der Waals surface area contributed by atoms with Gasteiger partial charge < -0.3 is 15.4 Å². The highest BCUT2D eigenvalue weighted by Gasteiger charge is 2.21. The van der Waals surface area contributed by atoms with Gasteiger partial charge in [-0.15, -0.1) is 0 Å². The van der Waals surface area contributed by atoms with Crippen molar-refractivity contribution in [3.8, 4) is 0 Å². The monoisotopic (exact) mass is 278 g/mol. The summed E-state index contributed by atoms with van der Waals surface area (Å²) in [7, 11) is 0. The highest BCUT2D eigenvalue weighted by molar-refractivity contribution is 5.90. The van der Waals surface area contributed by atoms with E-state index in [4.69, 9.17) is 10.5 Å². The zero-order valence-electron chi connectivity index (χ0n) is 12.1. The molecule has 1 aliphatic heterocycles. The van der Waals surface area contributed by atoms with Gasteiger partial charge >= 0.3 is 5.97 Å². The lowest BCUT2D eigenvalue weighted by molar-refractivity contribution is 0.0524. The van der Waals surface area contributed by atoms with Gasteiger partial charge in [-0.05, 0) is 39.2 Å². The largest absolute Gasteiger partial charge is 0.462 e. The number of anilines is 1. The Morgan fingerprint density at radius 3 is 2.75 bits per heavy atom. The van der Waals surface area contributed by atoms with Gasteiger partial charge in [-0.1, -0.05) is 0 Å². The molecule has 2 N–H and O–H groups in total. The summed E-state index contributed by atoms with van der Waals surface area (Å²) in [5.41, 5.74) is 6.79. The van der Waals surface area contributed by atoms with E-state index >= 15 is 0 Å². The van der Waals surface area contributed by atoms with Gasteiger partial charge in [0.2, 0.25) is 5.95 Å². The van der Waals surface area contributed by atoms with Crippen molar-refractivity contribution >= 4 is 11.9 Å². The van der Waals surface area contributed by atoms with Crippen molar-refractivity contribution in [3.05, 3.63) is 17.5 Å². The summed E-state index contributed by atoms with van der Waals surface area (Å²) in [6.07, 6.45) is 3.70. The van der Waals surface area contributed by atoms with Crippen LogP contribution in [-0.2, 0) is 4.74 Å². The van der Waals surface area contributed by atoms with E-state index < -0.39 is 0 Å². The maximum absolute atomic E-state index is 11.7. The van der Waals surface area contributed by atoms with Crippen molar-refractivity contribution < 1.29 is 9.53 Å². The molecular formula is C14H22N4O2. The topological polar surface area (TPSA) is 81.3 Å². The molecule has 0 bridgehead atoms. The molecule has 1 aromatic heterocycles. The van der Waals surface area contributed by atoms with E-state index in [1.807, 2.05) is 6.92 Å². The van der Waals surface area contributed by atoms with Crippen molar-refractivity contribution in [1.82, 2.24) is 9.97 Å². The number of hydrogen-bond donors (Lipinski definition) is 1. The van der Waals surface area contributed by atoms with Crippen LogP contribution >= 0.6 is 0 Å². The second-order valence-electron chi connectivity index (χ2n) is 5.06. The maximum Gasteiger partial charge on any atom is 0.341 e. The summed E-state index contributed by atoms with van der Waals surface area (Å²) in [5, 5.41) is 0. The molecule has 0 radical (unpaired) electrons. The van der Waals surface area contributed by atoms with Crippen molar-refractivity contribution in [2.24, 2.45) is 11.7 Å². The average Bonchev–Trinajstić information content (AvgIpc) is 2.47.